The molecule has 1 aliphatic heterocycles. The van der Waals surface area contributed by atoms with Crippen molar-refractivity contribution >= 4 is 29.3 Å². The van der Waals surface area contributed by atoms with Crippen LogP contribution in [0.1, 0.15) is 56.0 Å². The number of amides is 1. The molecule has 1 amide bonds. The minimum absolute atomic E-state index is 0.234. The number of para-hydroxylation sites is 1. The third-order valence-corrected chi connectivity index (χ3v) is 7.05. The van der Waals surface area contributed by atoms with Crippen LogP contribution in [-0.2, 0) is 9.53 Å². The van der Waals surface area contributed by atoms with Gasteiger partial charge < -0.3 is 13.9 Å². The second-order valence-electron chi connectivity index (χ2n) is 8.83. The number of aromatic nitrogens is 3. The van der Waals surface area contributed by atoms with E-state index < -0.39 is 6.23 Å². The predicted molar refractivity (Wildman–Crippen MR) is 148 cm³/mol. The highest BCUT2D eigenvalue weighted by Crippen LogP contribution is 2.44. The lowest BCUT2D eigenvalue weighted by Gasteiger charge is -2.28. The van der Waals surface area contributed by atoms with E-state index in [1.165, 1.54) is 23.6 Å². The Morgan fingerprint density at radius 1 is 1.03 bits per heavy atom. The highest BCUT2D eigenvalue weighted by molar-refractivity contribution is 7.99. The van der Waals surface area contributed by atoms with E-state index in [0.29, 0.717) is 45.8 Å². The molecule has 0 unspecified atom stereocenters. The van der Waals surface area contributed by atoms with Crippen LogP contribution in [0, 0.1) is 0 Å². The zero-order valence-electron chi connectivity index (χ0n) is 21.9. The molecule has 0 fully saturated rings. The summed E-state index contributed by atoms with van der Waals surface area (Å²) in [5, 5.41) is 9.26. The number of fused-ring (bicyclic) bond motifs is 3. The van der Waals surface area contributed by atoms with Gasteiger partial charge in [-0.3, -0.25) is 9.69 Å². The van der Waals surface area contributed by atoms with Crippen LogP contribution in [0.15, 0.2) is 70.2 Å². The number of nitrogens with zero attached hydrogens (tertiary/aromatic N) is 4. The summed E-state index contributed by atoms with van der Waals surface area (Å²) in [7, 11) is 0. The monoisotopic (exact) mass is 544 g/mol. The standard InChI is InChI=1S/C29H28N4O5S/c1-4-6-17-39-29-30-26-25(31-32-29)21-9-7-8-10-22(21)33(18(3)34)27(38-26)24-16-15-23(37-24)19-11-13-20(14-12-19)28(35)36-5-2/h7-16,27H,4-6,17H2,1-3H3/t27-/m0/s1. The van der Waals surface area contributed by atoms with Gasteiger partial charge in [-0.2, -0.15) is 4.98 Å². The molecule has 10 heteroatoms. The average molecular weight is 545 g/mol. The Morgan fingerprint density at radius 3 is 2.56 bits per heavy atom. The minimum atomic E-state index is -0.928. The fourth-order valence-electron chi connectivity index (χ4n) is 4.23. The number of rotatable bonds is 8. The third kappa shape index (κ3) is 5.51. The van der Waals surface area contributed by atoms with E-state index in [2.05, 4.69) is 22.1 Å². The number of benzene rings is 2. The molecule has 3 heterocycles. The number of furan rings is 1. The quantitative estimate of drug-likeness (QED) is 0.143. The molecule has 1 atom stereocenters. The van der Waals surface area contributed by atoms with Gasteiger partial charge in [0.15, 0.2) is 11.5 Å². The molecule has 2 aromatic heterocycles. The third-order valence-electron chi connectivity index (χ3n) is 6.13. The Bertz CT molecular complexity index is 1490. The van der Waals surface area contributed by atoms with Crippen LogP contribution in [0.5, 0.6) is 5.88 Å². The van der Waals surface area contributed by atoms with Crippen molar-refractivity contribution in [2.75, 3.05) is 17.3 Å². The molecule has 9 nitrogen and oxygen atoms in total. The topological polar surface area (TPSA) is 108 Å². The number of carbonyl (C=O) groups is 2. The van der Waals surface area contributed by atoms with E-state index in [0.717, 1.165) is 24.2 Å². The molecule has 0 N–H and O–H groups in total. The van der Waals surface area contributed by atoms with E-state index in [1.54, 1.807) is 43.3 Å². The average Bonchev–Trinajstić information content (AvgIpc) is 3.38. The van der Waals surface area contributed by atoms with Crippen molar-refractivity contribution in [2.45, 2.75) is 45.0 Å². The molecular weight excluding hydrogens is 516 g/mol. The summed E-state index contributed by atoms with van der Waals surface area (Å²) in [4.78, 5) is 31.2. The second-order valence-corrected chi connectivity index (χ2v) is 9.89. The van der Waals surface area contributed by atoms with Gasteiger partial charge in [0.2, 0.25) is 23.2 Å². The van der Waals surface area contributed by atoms with Gasteiger partial charge in [0.25, 0.3) is 0 Å². The largest absolute Gasteiger partial charge is 0.462 e. The molecule has 1 aliphatic rings. The van der Waals surface area contributed by atoms with Crippen molar-refractivity contribution < 1.29 is 23.5 Å². The van der Waals surface area contributed by atoms with Crippen molar-refractivity contribution in [1.29, 1.82) is 0 Å². The Hall–Kier alpha value is -4.18. The molecule has 0 aliphatic carbocycles. The molecule has 4 aromatic rings. The lowest BCUT2D eigenvalue weighted by atomic mass is 10.1. The first-order valence-corrected chi connectivity index (χ1v) is 13.8. The summed E-state index contributed by atoms with van der Waals surface area (Å²) in [5.74, 6) is 1.50. The molecule has 39 heavy (non-hydrogen) atoms. The maximum absolute atomic E-state index is 13.0. The summed E-state index contributed by atoms with van der Waals surface area (Å²) < 4.78 is 17.7. The molecule has 0 saturated heterocycles. The van der Waals surface area contributed by atoms with Gasteiger partial charge >= 0.3 is 5.97 Å². The number of esters is 1. The Morgan fingerprint density at radius 2 is 1.82 bits per heavy atom. The summed E-state index contributed by atoms with van der Waals surface area (Å²) in [5.41, 5.74) is 2.98. The first kappa shape index (κ1) is 26.4. The van der Waals surface area contributed by atoms with Crippen molar-refractivity contribution in [1.82, 2.24) is 15.2 Å². The lowest BCUT2D eigenvalue weighted by Crippen LogP contribution is -2.35. The molecule has 0 saturated carbocycles. The number of hydrogen-bond acceptors (Lipinski definition) is 9. The van der Waals surface area contributed by atoms with Crippen LogP contribution in [0.2, 0.25) is 0 Å². The smallest absolute Gasteiger partial charge is 0.338 e. The number of carbonyl (C=O) groups excluding carboxylic acids is 2. The zero-order valence-corrected chi connectivity index (χ0v) is 22.7. The molecular formula is C29H28N4O5S. The number of ether oxygens (including phenoxy) is 2. The predicted octanol–water partition coefficient (Wildman–Crippen LogP) is 6.31. The highest BCUT2D eigenvalue weighted by atomic mass is 32.2. The maximum Gasteiger partial charge on any atom is 0.338 e. The summed E-state index contributed by atoms with van der Waals surface area (Å²) >= 11 is 1.52. The Kier molecular flexibility index (Phi) is 7.92. The molecule has 0 spiro atoms. The minimum Gasteiger partial charge on any atom is -0.462 e. The number of anilines is 1. The normalized spacial score (nSPS) is 14.1. The molecule has 0 bridgehead atoms. The van der Waals surface area contributed by atoms with Gasteiger partial charge in [0, 0.05) is 23.8 Å². The van der Waals surface area contributed by atoms with E-state index in [1.807, 2.05) is 24.3 Å². The number of thioether (sulfide) groups is 1. The van der Waals surface area contributed by atoms with Crippen LogP contribution < -0.4 is 9.64 Å². The zero-order chi connectivity index (χ0) is 27.4. The van der Waals surface area contributed by atoms with Gasteiger partial charge in [-0.25, -0.2) is 4.79 Å². The van der Waals surface area contributed by atoms with Gasteiger partial charge in [0.05, 0.1) is 17.9 Å². The highest BCUT2D eigenvalue weighted by Gasteiger charge is 2.36. The van der Waals surface area contributed by atoms with Crippen LogP contribution in [0.4, 0.5) is 5.69 Å². The van der Waals surface area contributed by atoms with E-state index in [4.69, 9.17) is 13.9 Å². The van der Waals surface area contributed by atoms with Crippen LogP contribution in [0.25, 0.3) is 22.6 Å². The summed E-state index contributed by atoms with van der Waals surface area (Å²) in [6, 6.07) is 18.0. The Balaban J connectivity index is 1.53. The molecule has 2 aromatic carbocycles. The molecule has 200 valence electrons. The van der Waals surface area contributed by atoms with Crippen LogP contribution in [0.3, 0.4) is 0 Å². The van der Waals surface area contributed by atoms with Gasteiger partial charge in [-0.15, -0.1) is 10.2 Å². The van der Waals surface area contributed by atoms with Crippen molar-refractivity contribution in [3.8, 4) is 28.5 Å². The SMILES string of the molecule is CCCCSc1nnc2c(n1)O[C@@H](c1ccc(-c3ccc(C(=O)OCC)cc3)o1)N(C(C)=O)c1ccccc1-2. The van der Waals surface area contributed by atoms with Gasteiger partial charge in [0.1, 0.15) is 5.76 Å². The number of unbranched alkanes of at least 4 members (excludes halogenated alkanes) is 1. The van der Waals surface area contributed by atoms with Crippen LogP contribution in [-0.4, -0.2) is 39.4 Å². The van der Waals surface area contributed by atoms with Crippen LogP contribution >= 0.6 is 11.8 Å². The summed E-state index contributed by atoms with van der Waals surface area (Å²) in [6.45, 7) is 5.68. The van der Waals surface area contributed by atoms with E-state index >= 15 is 0 Å². The fraction of sp³-hybridized carbons (Fsp3) is 0.276. The number of hydrogen-bond donors (Lipinski definition) is 0. The maximum atomic E-state index is 13.0. The summed E-state index contributed by atoms with van der Waals surface area (Å²) in [6.07, 6.45) is 1.17. The second kappa shape index (κ2) is 11.7. The first-order valence-electron chi connectivity index (χ1n) is 12.8. The van der Waals surface area contributed by atoms with Crippen molar-refractivity contribution in [3.05, 3.63) is 72.0 Å². The van der Waals surface area contributed by atoms with Gasteiger partial charge in [-0.1, -0.05) is 55.4 Å². The fourth-order valence-corrected chi connectivity index (χ4v) is 5.09. The van der Waals surface area contributed by atoms with Gasteiger partial charge in [-0.05, 0) is 43.7 Å². The lowest BCUT2D eigenvalue weighted by molar-refractivity contribution is -0.118. The molecule has 0 radical (unpaired) electrons. The van der Waals surface area contributed by atoms with Crippen molar-refractivity contribution in [2.24, 2.45) is 0 Å². The van der Waals surface area contributed by atoms with E-state index in [9.17, 15) is 9.59 Å². The van der Waals surface area contributed by atoms with E-state index in [-0.39, 0.29) is 17.8 Å². The Labute approximate surface area is 230 Å². The molecule has 5 rings (SSSR count). The van der Waals surface area contributed by atoms with Crippen molar-refractivity contribution in [3.63, 3.8) is 0 Å². The first-order chi connectivity index (χ1) is 19.0.